The molecule has 0 N–H and O–H groups in total. The molecule has 0 atom stereocenters. The molecule has 0 radical (unpaired) electrons. The summed E-state index contributed by atoms with van der Waals surface area (Å²) < 4.78 is 4.59. The standard InChI is InChI=1S/C22H30N4O2S/c1-4-5-6-7-8-12-15-29-21-23-19-18(20(27)25(3)22(28)24(19)2)26(21)16-17-13-10-9-11-14-17/h9-11,13-14H,4-8,12,15-16H2,1-3H3. The number of rotatable bonds is 10. The van der Waals surface area contributed by atoms with E-state index in [9.17, 15) is 9.59 Å². The zero-order valence-corrected chi connectivity index (χ0v) is 18.4. The maximum atomic E-state index is 12.9. The number of hydrogen-bond donors (Lipinski definition) is 0. The number of aryl methyl sites for hydroxylation is 1. The number of thioether (sulfide) groups is 1. The quantitative estimate of drug-likeness (QED) is 0.372. The minimum Gasteiger partial charge on any atom is -0.309 e. The Hall–Kier alpha value is -2.28. The zero-order chi connectivity index (χ0) is 20.8. The fourth-order valence-corrected chi connectivity index (χ4v) is 4.49. The van der Waals surface area contributed by atoms with Gasteiger partial charge in [0.25, 0.3) is 5.56 Å². The molecular formula is C22H30N4O2S. The van der Waals surface area contributed by atoms with Gasteiger partial charge in [0.15, 0.2) is 16.3 Å². The first kappa shape index (κ1) is 21.4. The lowest BCUT2D eigenvalue weighted by atomic mass is 10.1. The molecule has 0 saturated heterocycles. The molecule has 0 aliphatic heterocycles. The van der Waals surface area contributed by atoms with E-state index in [1.807, 2.05) is 34.9 Å². The van der Waals surface area contributed by atoms with Crippen LogP contribution in [0.4, 0.5) is 0 Å². The molecule has 3 rings (SSSR count). The van der Waals surface area contributed by atoms with Gasteiger partial charge < -0.3 is 4.57 Å². The van der Waals surface area contributed by atoms with Crippen LogP contribution in [-0.4, -0.2) is 24.4 Å². The van der Waals surface area contributed by atoms with Crippen molar-refractivity contribution in [3.8, 4) is 0 Å². The molecule has 0 unspecified atom stereocenters. The molecule has 0 bridgehead atoms. The summed E-state index contributed by atoms with van der Waals surface area (Å²) in [5.74, 6) is 0.957. The van der Waals surface area contributed by atoms with Gasteiger partial charge in [-0.15, -0.1) is 0 Å². The Labute approximate surface area is 175 Å². The topological polar surface area (TPSA) is 61.8 Å². The van der Waals surface area contributed by atoms with Crippen LogP contribution in [0.25, 0.3) is 11.2 Å². The molecule has 3 aromatic rings. The third-order valence-corrected chi connectivity index (χ3v) is 6.29. The second-order valence-corrected chi connectivity index (χ2v) is 8.52. The number of nitrogens with zero attached hydrogens (tertiary/aromatic N) is 4. The summed E-state index contributed by atoms with van der Waals surface area (Å²) in [6.07, 6.45) is 7.46. The lowest BCUT2D eigenvalue weighted by Gasteiger charge is -2.09. The van der Waals surface area contributed by atoms with Crippen molar-refractivity contribution in [1.82, 2.24) is 18.7 Å². The monoisotopic (exact) mass is 414 g/mol. The predicted octanol–water partition coefficient (Wildman–Crippen LogP) is 3.93. The summed E-state index contributed by atoms with van der Waals surface area (Å²) in [5.41, 5.74) is 1.41. The number of imidazole rings is 1. The van der Waals surface area contributed by atoms with Crippen LogP contribution in [0.1, 0.15) is 51.0 Å². The van der Waals surface area contributed by atoms with Crippen molar-refractivity contribution in [1.29, 1.82) is 0 Å². The van der Waals surface area contributed by atoms with Gasteiger partial charge >= 0.3 is 5.69 Å². The molecule has 29 heavy (non-hydrogen) atoms. The minimum atomic E-state index is -0.348. The lowest BCUT2D eigenvalue weighted by Crippen LogP contribution is -2.37. The van der Waals surface area contributed by atoms with E-state index in [1.54, 1.807) is 18.8 Å². The SMILES string of the molecule is CCCCCCCCSc1nc2c(c(=O)n(C)c(=O)n2C)n1Cc1ccccc1. The minimum absolute atomic E-state index is 0.294. The normalized spacial score (nSPS) is 11.4. The Balaban J connectivity index is 1.90. The Morgan fingerprint density at radius 2 is 1.62 bits per heavy atom. The van der Waals surface area contributed by atoms with Crippen LogP contribution in [0.15, 0.2) is 45.1 Å². The van der Waals surface area contributed by atoms with E-state index in [-0.39, 0.29) is 11.2 Å². The van der Waals surface area contributed by atoms with E-state index in [4.69, 9.17) is 4.98 Å². The summed E-state index contributed by atoms with van der Waals surface area (Å²) in [6.45, 7) is 2.79. The van der Waals surface area contributed by atoms with Gasteiger partial charge in [0.1, 0.15) is 0 Å². The third kappa shape index (κ3) is 4.83. The van der Waals surface area contributed by atoms with Crippen LogP contribution in [0.3, 0.4) is 0 Å². The van der Waals surface area contributed by atoms with Gasteiger partial charge in [-0.05, 0) is 12.0 Å². The summed E-state index contributed by atoms with van der Waals surface area (Å²) in [4.78, 5) is 29.9. The van der Waals surface area contributed by atoms with E-state index in [0.29, 0.717) is 17.7 Å². The first-order valence-electron chi connectivity index (χ1n) is 10.4. The fourth-order valence-electron chi connectivity index (χ4n) is 3.50. The van der Waals surface area contributed by atoms with Gasteiger partial charge in [-0.2, -0.15) is 0 Å². The number of fused-ring (bicyclic) bond motifs is 1. The van der Waals surface area contributed by atoms with Crippen molar-refractivity contribution >= 4 is 22.9 Å². The van der Waals surface area contributed by atoms with Crippen molar-refractivity contribution < 1.29 is 0 Å². The van der Waals surface area contributed by atoms with Gasteiger partial charge in [-0.25, -0.2) is 9.78 Å². The smallest absolute Gasteiger partial charge is 0.309 e. The van der Waals surface area contributed by atoms with Crippen LogP contribution in [-0.2, 0) is 20.6 Å². The summed E-state index contributed by atoms with van der Waals surface area (Å²) in [5, 5.41) is 0.802. The van der Waals surface area contributed by atoms with Crippen molar-refractivity contribution in [2.24, 2.45) is 14.1 Å². The number of benzene rings is 1. The van der Waals surface area contributed by atoms with E-state index < -0.39 is 0 Å². The van der Waals surface area contributed by atoms with Gasteiger partial charge in [-0.3, -0.25) is 13.9 Å². The highest BCUT2D eigenvalue weighted by atomic mass is 32.2. The lowest BCUT2D eigenvalue weighted by molar-refractivity contribution is 0.626. The van der Waals surface area contributed by atoms with Crippen molar-refractivity contribution in [2.45, 2.75) is 57.1 Å². The van der Waals surface area contributed by atoms with Gasteiger partial charge in [0.2, 0.25) is 0 Å². The molecule has 0 aliphatic carbocycles. The molecule has 2 aromatic heterocycles. The highest BCUT2D eigenvalue weighted by molar-refractivity contribution is 7.99. The Bertz CT molecular complexity index is 1070. The zero-order valence-electron chi connectivity index (χ0n) is 17.6. The molecule has 1 aromatic carbocycles. The first-order chi connectivity index (χ1) is 14.0. The van der Waals surface area contributed by atoms with Crippen LogP contribution in [0, 0.1) is 0 Å². The predicted molar refractivity (Wildman–Crippen MR) is 120 cm³/mol. The van der Waals surface area contributed by atoms with E-state index in [0.717, 1.165) is 27.5 Å². The maximum absolute atomic E-state index is 12.9. The van der Waals surface area contributed by atoms with E-state index in [2.05, 4.69) is 6.92 Å². The Morgan fingerprint density at radius 1 is 0.931 bits per heavy atom. The van der Waals surface area contributed by atoms with Gasteiger partial charge in [0, 0.05) is 19.8 Å². The summed E-state index contributed by atoms with van der Waals surface area (Å²) >= 11 is 1.67. The van der Waals surface area contributed by atoms with Gasteiger partial charge in [0.05, 0.1) is 6.54 Å². The molecular weight excluding hydrogens is 384 g/mol. The largest absolute Gasteiger partial charge is 0.332 e. The summed E-state index contributed by atoms with van der Waals surface area (Å²) in [6, 6.07) is 10.0. The Morgan fingerprint density at radius 3 is 2.34 bits per heavy atom. The molecule has 0 spiro atoms. The number of aromatic nitrogens is 4. The molecule has 0 fully saturated rings. The van der Waals surface area contributed by atoms with E-state index in [1.165, 1.54) is 43.7 Å². The van der Waals surface area contributed by atoms with Crippen molar-refractivity contribution in [2.75, 3.05) is 5.75 Å². The Kier molecular flexibility index (Phi) is 7.36. The molecule has 7 heteroatoms. The second kappa shape index (κ2) is 9.96. The van der Waals surface area contributed by atoms with Crippen LogP contribution < -0.4 is 11.2 Å². The molecule has 6 nitrogen and oxygen atoms in total. The molecule has 2 heterocycles. The van der Waals surface area contributed by atoms with Crippen LogP contribution in [0.5, 0.6) is 0 Å². The van der Waals surface area contributed by atoms with Crippen LogP contribution in [0.2, 0.25) is 0 Å². The van der Waals surface area contributed by atoms with E-state index >= 15 is 0 Å². The molecule has 156 valence electrons. The summed E-state index contributed by atoms with van der Waals surface area (Å²) in [7, 11) is 3.19. The highest BCUT2D eigenvalue weighted by Gasteiger charge is 2.19. The highest BCUT2D eigenvalue weighted by Crippen LogP contribution is 2.24. The van der Waals surface area contributed by atoms with Crippen molar-refractivity contribution in [3.63, 3.8) is 0 Å². The first-order valence-corrected chi connectivity index (χ1v) is 11.4. The fraction of sp³-hybridized carbons (Fsp3) is 0.500. The molecule has 0 amide bonds. The van der Waals surface area contributed by atoms with Crippen LogP contribution >= 0.6 is 11.8 Å². The van der Waals surface area contributed by atoms with Gasteiger partial charge in [-0.1, -0.05) is 81.1 Å². The molecule has 0 aliphatic rings. The number of hydrogen-bond acceptors (Lipinski definition) is 4. The average molecular weight is 415 g/mol. The van der Waals surface area contributed by atoms with Crippen molar-refractivity contribution in [3.05, 3.63) is 56.7 Å². The second-order valence-electron chi connectivity index (χ2n) is 7.46. The molecule has 0 saturated carbocycles. The maximum Gasteiger partial charge on any atom is 0.332 e. The third-order valence-electron chi connectivity index (χ3n) is 5.23. The number of unbranched alkanes of at least 4 members (excludes halogenated alkanes) is 5. The average Bonchev–Trinajstić information content (AvgIpc) is 3.09.